The summed E-state index contributed by atoms with van der Waals surface area (Å²) in [5.74, 6) is 1.70. The molecule has 1 heterocycles. The third kappa shape index (κ3) is 3.67. The molecule has 22 heavy (non-hydrogen) atoms. The standard InChI is InChI=1S/C19H23NO2/c21-15-12-19(20-13-4-5-14-20)16-8-10-18(11-9-16)22-17-6-2-1-3-7-17/h1-3,6-11,19,21H,4-5,12-15H2. The van der Waals surface area contributed by atoms with Crippen molar-refractivity contribution < 1.29 is 9.84 Å². The van der Waals surface area contributed by atoms with Gasteiger partial charge < -0.3 is 9.84 Å². The zero-order valence-corrected chi connectivity index (χ0v) is 12.8. The predicted octanol–water partition coefficient (Wildman–Crippen LogP) is 4.00. The molecule has 0 saturated carbocycles. The molecule has 3 nitrogen and oxygen atoms in total. The number of rotatable bonds is 6. The van der Waals surface area contributed by atoms with Crippen LogP contribution >= 0.6 is 0 Å². The highest BCUT2D eigenvalue weighted by Gasteiger charge is 2.22. The van der Waals surface area contributed by atoms with Gasteiger partial charge in [-0.15, -0.1) is 0 Å². The van der Waals surface area contributed by atoms with Gasteiger partial charge in [0.05, 0.1) is 0 Å². The van der Waals surface area contributed by atoms with Crippen molar-refractivity contribution in [1.29, 1.82) is 0 Å². The molecule has 1 aliphatic heterocycles. The maximum absolute atomic E-state index is 9.36. The molecule has 1 fully saturated rings. The SMILES string of the molecule is OCCC(c1ccc(Oc2ccccc2)cc1)N1CCCC1. The molecule has 0 aliphatic carbocycles. The van der Waals surface area contributed by atoms with Crippen LogP contribution in [0.5, 0.6) is 11.5 Å². The van der Waals surface area contributed by atoms with Gasteiger partial charge in [-0.3, -0.25) is 4.90 Å². The Kier molecular flexibility index (Phi) is 5.09. The van der Waals surface area contributed by atoms with Gasteiger partial charge in [0.25, 0.3) is 0 Å². The fraction of sp³-hybridized carbons (Fsp3) is 0.368. The average Bonchev–Trinajstić information content (AvgIpc) is 3.09. The molecular formula is C19H23NO2. The Morgan fingerprint density at radius 2 is 1.55 bits per heavy atom. The van der Waals surface area contributed by atoms with Crippen LogP contribution in [-0.2, 0) is 0 Å². The molecule has 1 aliphatic rings. The number of aliphatic hydroxyl groups is 1. The van der Waals surface area contributed by atoms with Crippen molar-refractivity contribution in [2.45, 2.75) is 25.3 Å². The summed E-state index contributed by atoms with van der Waals surface area (Å²) in [5.41, 5.74) is 1.26. The number of likely N-dealkylation sites (tertiary alicyclic amines) is 1. The van der Waals surface area contributed by atoms with E-state index in [2.05, 4.69) is 17.0 Å². The molecule has 2 aromatic rings. The Balaban J connectivity index is 1.71. The number of nitrogens with zero attached hydrogens (tertiary/aromatic N) is 1. The lowest BCUT2D eigenvalue weighted by Crippen LogP contribution is -2.26. The smallest absolute Gasteiger partial charge is 0.127 e. The average molecular weight is 297 g/mol. The summed E-state index contributed by atoms with van der Waals surface area (Å²) in [5, 5.41) is 9.36. The lowest BCUT2D eigenvalue weighted by atomic mass is 10.0. The maximum Gasteiger partial charge on any atom is 0.127 e. The van der Waals surface area contributed by atoms with Gasteiger partial charge in [-0.25, -0.2) is 0 Å². The number of hydrogen-bond donors (Lipinski definition) is 1. The van der Waals surface area contributed by atoms with Gasteiger partial charge in [-0.1, -0.05) is 30.3 Å². The third-order valence-electron chi connectivity index (χ3n) is 4.23. The molecule has 1 saturated heterocycles. The van der Waals surface area contributed by atoms with Crippen LogP contribution in [0.2, 0.25) is 0 Å². The van der Waals surface area contributed by atoms with E-state index < -0.39 is 0 Å². The van der Waals surface area contributed by atoms with Crippen LogP contribution in [0.1, 0.15) is 30.9 Å². The molecule has 0 bridgehead atoms. The second-order valence-corrected chi connectivity index (χ2v) is 5.76. The van der Waals surface area contributed by atoms with Crippen LogP contribution in [0.4, 0.5) is 0 Å². The molecule has 0 amide bonds. The van der Waals surface area contributed by atoms with Crippen LogP contribution in [0, 0.1) is 0 Å². The Morgan fingerprint density at radius 3 is 2.18 bits per heavy atom. The van der Waals surface area contributed by atoms with Crippen molar-refractivity contribution in [2.24, 2.45) is 0 Å². The van der Waals surface area contributed by atoms with Crippen LogP contribution in [0.3, 0.4) is 0 Å². The minimum Gasteiger partial charge on any atom is -0.457 e. The lowest BCUT2D eigenvalue weighted by Gasteiger charge is -2.27. The molecule has 3 rings (SSSR count). The minimum absolute atomic E-state index is 0.226. The largest absolute Gasteiger partial charge is 0.457 e. The van der Waals surface area contributed by atoms with Gasteiger partial charge in [0.15, 0.2) is 0 Å². The summed E-state index contributed by atoms with van der Waals surface area (Å²) < 4.78 is 5.84. The molecule has 1 unspecified atom stereocenters. The van der Waals surface area contributed by atoms with Gasteiger partial charge in [0.2, 0.25) is 0 Å². The van der Waals surface area contributed by atoms with Gasteiger partial charge >= 0.3 is 0 Å². The highest BCUT2D eigenvalue weighted by Crippen LogP contribution is 2.30. The number of hydrogen-bond acceptors (Lipinski definition) is 3. The Morgan fingerprint density at radius 1 is 0.909 bits per heavy atom. The van der Waals surface area contributed by atoms with Gasteiger partial charge in [-0.2, -0.15) is 0 Å². The Labute approximate surface area is 132 Å². The van der Waals surface area contributed by atoms with E-state index in [0.29, 0.717) is 6.04 Å². The van der Waals surface area contributed by atoms with Crippen molar-refractivity contribution in [1.82, 2.24) is 4.90 Å². The second kappa shape index (κ2) is 7.43. The van der Waals surface area contributed by atoms with E-state index >= 15 is 0 Å². The van der Waals surface area contributed by atoms with E-state index in [0.717, 1.165) is 31.0 Å². The van der Waals surface area contributed by atoms with Crippen molar-refractivity contribution in [2.75, 3.05) is 19.7 Å². The maximum atomic E-state index is 9.36. The Bertz CT molecular complexity index is 562. The van der Waals surface area contributed by atoms with Gasteiger partial charge in [0, 0.05) is 12.6 Å². The molecule has 1 atom stereocenters. The monoisotopic (exact) mass is 297 g/mol. The summed E-state index contributed by atoms with van der Waals surface area (Å²) >= 11 is 0. The zero-order chi connectivity index (χ0) is 15.2. The number of para-hydroxylation sites is 1. The predicted molar refractivity (Wildman–Crippen MR) is 88.2 cm³/mol. The number of benzene rings is 2. The number of ether oxygens (including phenoxy) is 1. The molecule has 1 N–H and O–H groups in total. The zero-order valence-electron chi connectivity index (χ0n) is 12.8. The van der Waals surface area contributed by atoms with Crippen LogP contribution in [0.25, 0.3) is 0 Å². The fourth-order valence-electron chi connectivity index (χ4n) is 3.12. The first kappa shape index (κ1) is 15.1. The van der Waals surface area contributed by atoms with Crippen LogP contribution in [-0.4, -0.2) is 29.7 Å². The van der Waals surface area contributed by atoms with Crippen LogP contribution < -0.4 is 4.74 Å². The molecule has 3 heteroatoms. The van der Waals surface area contributed by atoms with Gasteiger partial charge in [0.1, 0.15) is 11.5 Å². The molecule has 0 radical (unpaired) electrons. The first-order valence-electron chi connectivity index (χ1n) is 8.04. The lowest BCUT2D eigenvalue weighted by molar-refractivity contribution is 0.185. The van der Waals surface area contributed by atoms with Crippen molar-refractivity contribution >= 4 is 0 Å². The normalized spacial score (nSPS) is 16.6. The van der Waals surface area contributed by atoms with Crippen molar-refractivity contribution in [3.8, 4) is 11.5 Å². The second-order valence-electron chi connectivity index (χ2n) is 5.76. The summed E-state index contributed by atoms with van der Waals surface area (Å²) in [6.45, 7) is 2.49. The molecular weight excluding hydrogens is 274 g/mol. The summed E-state index contributed by atoms with van der Waals surface area (Å²) in [6, 6.07) is 18.4. The molecule has 116 valence electrons. The van der Waals surface area contributed by atoms with Gasteiger partial charge in [-0.05, 0) is 62.2 Å². The van der Waals surface area contributed by atoms with E-state index in [1.54, 1.807) is 0 Å². The molecule has 2 aromatic carbocycles. The minimum atomic E-state index is 0.226. The van der Waals surface area contributed by atoms with E-state index in [9.17, 15) is 5.11 Å². The van der Waals surface area contributed by atoms with Crippen molar-refractivity contribution in [3.05, 3.63) is 60.2 Å². The van der Waals surface area contributed by atoms with E-state index in [4.69, 9.17) is 4.74 Å². The Hall–Kier alpha value is -1.84. The van der Waals surface area contributed by atoms with E-state index in [1.807, 2.05) is 42.5 Å². The quantitative estimate of drug-likeness (QED) is 0.875. The highest BCUT2D eigenvalue weighted by atomic mass is 16.5. The van der Waals surface area contributed by atoms with Crippen molar-refractivity contribution in [3.63, 3.8) is 0 Å². The highest BCUT2D eigenvalue weighted by molar-refractivity contribution is 5.34. The summed E-state index contributed by atoms with van der Waals surface area (Å²) in [7, 11) is 0. The van der Waals surface area contributed by atoms with E-state index in [-0.39, 0.29) is 6.61 Å². The molecule has 0 aromatic heterocycles. The third-order valence-corrected chi connectivity index (χ3v) is 4.23. The summed E-state index contributed by atoms with van der Waals surface area (Å²) in [4.78, 5) is 2.48. The topological polar surface area (TPSA) is 32.7 Å². The first-order valence-corrected chi connectivity index (χ1v) is 8.04. The number of aliphatic hydroxyl groups excluding tert-OH is 1. The van der Waals surface area contributed by atoms with Crippen LogP contribution in [0.15, 0.2) is 54.6 Å². The summed E-state index contributed by atoms with van der Waals surface area (Å²) in [6.07, 6.45) is 3.31. The molecule has 0 spiro atoms. The first-order chi connectivity index (χ1) is 10.9. The fourth-order valence-corrected chi connectivity index (χ4v) is 3.12. The van der Waals surface area contributed by atoms with E-state index in [1.165, 1.54) is 18.4 Å².